The molecule has 196 valence electrons. The molecule has 0 aliphatic rings. The summed E-state index contributed by atoms with van der Waals surface area (Å²) >= 11 is 1.75. The van der Waals surface area contributed by atoms with Crippen LogP contribution in [-0.4, -0.2) is 0 Å². The Labute approximate surface area is 253 Å². The molecule has 0 amide bonds. The van der Waals surface area contributed by atoms with E-state index in [4.69, 9.17) is 11.3 Å². The van der Waals surface area contributed by atoms with Gasteiger partial charge in [-0.25, -0.2) is 0 Å². The van der Waals surface area contributed by atoms with Crippen LogP contribution in [0.25, 0.3) is 86.3 Å². The standard InChI is InChI=1S/C40H24OS/c1-2-12-25(13-3-1)37-28-15-4-6-17-30(28)39(31-18-7-5-16-29(31)37)40-38(32-19-9-11-21-36(32)42-40)26-22-23-35-33(24-26)27-14-8-10-20-34(27)41-35/h1-24H/i1D,2D,3D,12D,13D. The average Bonchev–Trinajstić information content (AvgIpc) is 3.67. The van der Waals surface area contributed by atoms with Crippen LogP contribution >= 0.6 is 11.3 Å². The first-order chi connectivity index (χ1) is 22.9. The quantitative estimate of drug-likeness (QED) is 0.197. The Bertz CT molecular complexity index is 2670. The zero-order valence-corrected chi connectivity index (χ0v) is 23.1. The van der Waals surface area contributed by atoms with E-state index in [1.54, 1.807) is 11.3 Å². The zero-order chi connectivity index (χ0) is 32.0. The first kappa shape index (κ1) is 19.0. The number of hydrogen-bond donors (Lipinski definition) is 0. The number of fused-ring (bicyclic) bond motifs is 6. The Morgan fingerprint density at radius 1 is 0.452 bits per heavy atom. The molecule has 9 aromatic rings. The summed E-state index contributed by atoms with van der Waals surface area (Å²) in [5, 5.41) is 6.86. The van der Waals surface area contributed by atoms with E-state index < -0.39 is 6.04 Å². The molecule has 0 unspecified atom stereocenters. The van der Waals surface area contributed by atoms with Gasteiger partial charge in [-0.05, 0) is 62.5 Å². The summed E-state index contributed by atoms with van der Waals surface area (Å²) in [6.45, 7) is 0. The molecule has 0 N–H and O–H groups in total. The Hall–Kier alpha value is -5.18. The van der Waals surface area contributed by atoms with Crippen molar-refractivity contribution in [3.63, 3.8) is 0 Å². The van der Waals surface area contributed by atoms with Crippen LogP contribution in [0.1, 0.15) is 6.85 Å². The molecular formula is C40H24OS. The van der Waals surface area contributed by atoms with Crippen LogP contribution in [-0.2, 0) is 0 Å². The van der Waals surface area contributed by atoms with Crippen LogP contribution < -0.4 is 0 Å². The Kier molecular flexibility index (Phi) is 4.16. The molecule has 0 bridgehead atoms. The monoisotopic (exact) mass is 557 g/mol. The number of hydrogen-bond acceptors (Lipinski definition) is 2. The van der Waals surface area contributed by atoms with Gasteiger partial charge in [0.2, 0.25) is 0 Å². The Balaban J connectivity index is 1.43. The Morgan fingerprint density at radius 3 is 1.74 bits per heavy atom. The minimum absolute atomic E-state index is 0.206. The molecular weight excluding hydrogens is 529 g/mol. The molecule has 0 saturated heterocycles. The molecule has 7 aromatic carbocycles. The fraction of sp³-hybridized carbons (Fsp3) is 0. The lowest BCUT2D eigenvalue weighted by Crippen LogP contribution is -1.90. The van der Waals surface area contributed by atoms with Gasteiger partial charge in [0.25, 0.3) is 0 Å². The summed E-state index contributed by atoms with van der Waals surface area (Å²) in [6.07, 6.45) is 0. The van der Waals surface area contributed by atoms with Crippen molar-refractivity contribution in [2.75, 3.05) is 0 Å². The number of benzene rings is 7. The second-order valence-electron chi connectivity index (χ2n) is 10.5. The maximum absolute atomic E-state index is 8.89. The van der Waals surface area contributed by atoms with Crippen LogP contribution in [0.2, 0.25) is 0 Å². The van der Waals surface area contributed by atoms with Gasteiger partial charge in [-0.15, -0.1) is 11.3 Å². The predicted octanol–water partition coefficient (Wildman–Crippen LogP) is 12.1. The van der Waals surface area contributed by atoms with Gasteiger partial charge < -0.3 is 4.42 Å². The van der Waals surface area contributed by atoms with Crippen molar-refractivity contribution in [3.05, 3.63) is 145 Å². The number of thiophene rings is 1. The summed E-state index contributed by atoms with van der Waals surface area (Å²) in [4.78, 5) is 1.11. The van der Waals surface area contributed by atoms with Crippen molar-refractivity contribution in [2.24, 2.45) is 0 Å². The maximum atomic E-state index is 8.89. The third kappa shape index (κ3) is 3.43. The normalized spacial score (nSPS) is 13.5. The van der Waals surface area contributed by atoms with Gasteiger partial charge >= 0.3 is 0 Å². The number of para-hydroxylation sites is 1. The van der Waals surface area contributed by atoms with Gasteiger partial charge in [-0.3, -0.25) is 0 Å². The largest absolute Gasteiger partial charge is 0.456 e. The lowest BCUT2D eigenvalue weighted by molar-refractivity contribution is 0.669. The molecule has 2 aromatic heterocycles. The summed E-state index contributed by atoms with van der Waals surface area (Å²) < 4.78 is 50.2. The van der Waals surface area contributed by atoms with Gasteiger partial charge in [-0.1, -0.05) is 121 Å². The molecule has 0 aliphatic heterocycles. The molecule has 0 saturated carbocycles. The van der Waals surface area contributed by atoms with Crippen LogP contribution in [0.4, 0.5) is 0 Å². The smallest absolute Gasteiger partial charge is 0.135 e. The van der Waals surface area contributed by atoms with Crippen LogP contribution in [0.15, 0.2) is 150 Å². The summed E-state index contributed by atoms with van der Waals surface area (Å²) in [5.41, 5.74) is 5.82. The fourth-order valence-electron chi connectivity index (χ4n) is 6.41. The molecule has 0 aliphatic carbocycles. The minimum atomic E-state index is -0.397. The Morgan fingerprint density at radius 2 is 1.02 bits per heavy atom. The van der Waals surface area contributed by atoms with Crippen LogP contribution in [0, 0.1) is 0 Å². The topological polar surface area (TPSA) is 13.1 Å². The molecule has 0 fully saturated rings. The highest BCUT2D eigenvalue weighted by Gasteiger charge is 2.22. The van der Waals surface area contributed by atoms with E-state index in [0.29, 0.717) is 5.56 Å². The third-order valence-electron chi connectivity index (χ3n) is 8.17. The van der Waals surface area contributed by atoms with Crippen LogP contribution in [0.3, 0.4) is 0 Å². The van der Waals surface area contributed by atoms with Crippen molar-refractivity contribution in [1.29, 1.82) is 0 Å². The van der Waals surface area contributed by atoms with E-state index in [2.05, 4.69) is 60.7 Å². The predicted molar refractivity (Wildman–Crippen MR) is 180 cm³/mol. The summed E-state index contributed by atoms with van der Waals surface area (Å²) in [6, 6.07) is 37.6. The van der Waals surface area contributed by atoms with Gasteiger partial charge in [0.05, 0.1) is 6.85 Å². The second kappa shape index (κ2) is 9.17. The van der Waals surface area contributed by atoms with Gasteiger partial charge in [0.1, 0.15) is 11.2 Å². The minimum Gasteiger partial charge on any atom is -0.456 e. The summed E-state index contributed by atoms with van der Waals surface area (Å²) in [7, 11) is 0. The second-order valence-corrected chi connectivity index (χ2v) is 11.5. The van der Waals surface area contributed by atoms with E-state index in [1.807, 2.05) is 54.6 Å². The molecule has 0 spiro atoms. The van der Waals surface area contributed by atoms with E-state index in [0.717, 1.165) is 75.1 Å². The first-order valence-corrected chi connectivity index (χ1v) is 14.7. The van der Waals surface area contributed by atoms with Gasteiger partial charge in [-0.2, -0.15) is 0 Å². The molecule has 2 heteroatoms. The van der Waals surface area contributed by atoms with E-state index in [1.165, 1.54) is 0 Å². The molecule has 9 rings (SSSR count). The molecule has 0 atom stereocenters. The fourth-order valence-corrected chi connectivity index (χ4v) is 7.71. The lowest BCUT2D eigenvalue weighted by atomic mass is 9.86. The summed E-state index contributed by atoms with van der Waals surface area (Å²) in [5.74, 6) is 0. The highest BCUT2D eigenvalue weighted by Crippen LogP contribution is 2.51. The SMILES string of the molecule is [2H]c1c([2H])c([2H])c(-c2c3ccccc3c(-c3sc4ccccc4c3-c3ccc4oc5ccccc5c4c3)c3ccccc23)c([2H])c1[2H]. The molecule has 1 nitrogen and oxygen atoms in total. The number of furan rings is 1. The molecule has 42 heavy (non-hydrogen) atoms. The third-order valence-corrected chi connectivity index (χ3v) is 9.36. The van der Waals surface area contributed by atoms with Gasteiger partial charge in [0.15, 0.2) is 0 Å². The van der Waals surface area contributed by atoms with E-state index >= 15 is 0 Å². The lowest BCUT2D eigenvalue weighted by Gasteiger charge is -2.18. The van der Waals surface area contributed by atoms with Crippen molar-refractivity contribution in [3.8, 4) is 32.7 Å². The van der Waals surface area contributed by atoms with Crippen molar-refractivity contribution in [1.82, 2.24) is 0 Å². The maximum Gasteiger partial charge on any atom is 0.135 e. The zero-order valence-electron chi connectivity index (χ0n) is 27.3. The highest BCUT2D eigenvalue weighted by molar-refractivity contribution is 7.23. The molecule has 2 heterocycles. The van der Waals surface area contributed by atoms with E-state index in [-0.39, 0.29) is 29.7 Å². The van der Waals surface area contributed by atoms with Crippen molar-refractivity contribution < 1.29 is 11.3 Å². The molecule has 0 radical (unpaired) electrons. The van der Waals surface area contributed by atoms with Crippen molar-refractivity contribution in [2.45, 2.75) is 0 Å². The highest BCUT2D eigenvalue weighted by atomic mass is 32.1. The average molecular weight is 558 g/mol. The first-order valence-electron chi connectivity index (χ1n) is 16.4. The van der Waals surface area contributed by atoms with Gasteiger partial charge in [0, 0.05) is 36.9 Å². The number of rotatable bonds is 3. The van der Waals surface area contributed by atoms with Crippen molar-refractivity contribution >= 4 is 64.9 Å². The van der Waals surface area contributed by atoms with E-state index in [9.17, 15) is 0 Å². The van der Waals surface area contributed by atoms with Crippen LogP contribution in [0.5, 0.6) is 0 Å².